The Balaban J connectivity index is 2.27. The zero-order valence-corrected chi connectivity index (χ0v) is 17.0. The minimum absolute atomic E-state index is 0.160. The molecule has 4 nitrogen and oxygen atoms in total. The molecule has 0 amide bonds. The molecular weight excluding hydrogens is 328 g/mol. The molecule has 0 bridgehead atoms. The highest BCUT2D eigenvalue weighted by atomic mass is 16.5. The van der Waals surface area contributed by atoms with Gasteiger partial charge in [-0.25, -0.2) is 4.79 Å². The van der Waals surface area contributed by atoms with Crippen LogP contribution in [0.3, 0.4) is 0 Å². The van der Waals surface area contributed by atoms with E-state index in [1.807, 2.05) is 6.92 Å². The molecule has 2 aliphatic carbocycles. The Morgan fingerprint density at radius 3 is 2.62 bits per heavy atom. The second-order valence-corrected chi connectivity index (χ2v) is 9.04. The first kappa shape index (κ1) is 20.7. The van der Waals surface area contributed by atoms with Crippen molar-refractivity contribution in [1.29, 1.82) is 0 Å². The van der Waals surface area contributed by atoms with E-state index in [-0.39, 0.29) is 28.8 Å². The summed E-state index contributed by atoms with van der Waals surface area (Å²) in [6.45, 7) is 14.0. The van der Waals surface area contributed by atoms with Crippen molar-refractivity contribution in [3.05, 3.63) is 23.8 Å². The lowest BCUT2D eigenvalue weighted by Crippen LogP contribution is -2.53. The van der Waals surface area contributed by atoms with E-state index in [2.05, 4.69) is 27.4 Å². The van der Waals surface area contributed by atoms with Crippen LogP contribution in [0.1, 0.15) is 66.2 Å². The fourth-order valence-electron chi connectivity index (χ4n) is 5.61. The average Bonchev–Trinajstić information content (AvgIpc) is 2.55. The third kappa shape index (κ3) is 4.05. The van der Waals surface area contributed by atoms with Crippen LogP contribution in [-0.2, 0) is 19.1 Å². The molecule has 0 N–H and O–H groups in total. The van der Waals surface area contributed by atoms with Crippen LogP contribution < -0.4 is 0 Å². The summed E-state index contributed by atoms with van der Waals surface area (Å²) in [6, 6.07) is 0. The highest BCUT2D eigenvalue weighted by molar-refractivity contribution is 5.82. The minimum atomic E-state index is -0.310. The number of hydrogen-bond acceptors (Lipinski definition) is 4. The Kier molecular flexibility index (Phi) is 6.36. The smallest absolute Gasteiger partial charge is 0.330 e. The summed E-state index contributed by atoms with van der Waals surface area (Å²) in [5, 5.41) is 0. The van der Waals surface area contributed by atoms with Crippen molar-refractivity contribution in [1.82, 2.24) is 0 Å². The van der Waals surface area contributed by atoms with Crippen molar-refractivity contribution in [2.75, 3.05) is 7.11 Å². The number of rotatable bonds is 6. The van der Waals surface area contributed by atoms with Crippen LogP contribution in [0.5, 0.6) is 0 Å². The van der Waals surface area contributed by atoms with Gasteiger partial charge in [-0.05, 0) is 67.3 Å². The molecule has 0 radical (unpaired) electrons. The van der Waals surface area contributed by atoms with Crippen LogP contribution >= 0.6 is 0 Å². The van der Waals surface area contributed by atoms with E-state index in [4.69, 9.17) is 9.47 Å². The second-order valence-electron chi connectivity index (χ2n) is 9.04. The third-order valence-corrected chi connectivity index (χ3v) is 7.00. The van der Waals surface area contributed by atoms with Gasteiger partial charge in [0.1, 0.15) is 6.10 Å². The molecule has 146 valence electrons. The fourth-order valence-corrected chi connectivity index (χ4v) is 5.61. The van der Waals surface area contributed by atoms with Gasteiger partial charge >= 0.3 is 5.97 Å². The van der Waals surface area contributed by atoms with E-state index in [1.54, 1.807) is 6.08 Å². The Labute approximate surface area is 158 Å². The molecule has 2 rings (SSSR count). The first-order chi connectivity index (χ1) is 12.2. The lowest BCUT2D eigenvalue weighted by atomic mass is 9.46. The molecule has 0 heterocycles. The summed E-state index contributed by atoms with van der Waals surface area (Å²) >= 11 is 0. The van der Waals surface area contributed by atoms with Gasteiger partial charge in [-0.15, -0.1) is 0 Å². The third-order valence-electron chi connectivity index (χ3n) is 7.00. The maximum absolute atomic E-state index is 11.5. The van der Waals surface area contributed by atoms with Gasteiger partial charge < -0.3 is 9.47 Å². The van der Waals surface area contributed by atoms with Gasteiger partial charge in [-0.1, -0.05) is 39.3 Å². The van der Waals surface area contributed by atoms with Crippen LogP contribution in [0.2, 0.25) is 0 Å². The quantitative estimate of drug-likeness (QED) is 0.294. The number of carbonyl (C=O) groups is 2. The largest absolute Gasteiger partial charge is 0.466 e. The highest BCUT2D eigenvalue weighted by Gasteiger charge is 2.55. The molecule has 0 aliphatic heterocycles. The van der Waals surface area contributed by atoms with Crippen molar-refractivity contribution in [2.45, 2.75) is 72.3 Å². The lowest BCUT2D eigenvalue weighted by Gasteiger charge is -2.59. The van der Waals surface area contributed by atoms with Gasteiger partial charge in [0.15, 0.2) is 0 Å². The number of hydrogen-bond donors (Lipinski definition) is 0. The van der Waals surface area contributed by atoms with E-state index in [0.29, 0.717) is 12.4 Å². The number of esters is 1. The highest BCUT2D eigenvalue weighted by Crippen LogP contribution is 2.62. The predicted molar refractivity (Wildman–Crippen MR) is 102 cm³/mol. The van der Waals surface area contributed by atoms with Crippen LogP contribution in [0.15, 0.2) is 23.8 Å². The van der Waals surface area contributed by atoms with Crippen molar-refractivity contribution < 1.29 is 19.1 Å². The predicted octanol–water partition coefficient (Wildman–Crippen LogP) is 4.84. The van der Waals surface area contributed by atoms with Gasteiger partial charge in [-0.2, -0.15) is 0 Å². The van der Waals surface area contributed by atoms with Crippen LogP contribution in [0.4, 0.5) is 0 Å². The van der Waals surface area contributed by atoms with E-state index in [0.717, 1.165) is 30.4 Å². The summed E-state index contributed by atoms with van der Waals surface area (Å²) in [7, 11) is 1.40. The first-order valence-corrected chi connectivity index (χ1v) is 9.68. The van der Waals surface area contributed by atoms with Crippen molar-refractivity contribution in [3.63, 3.8) is 0 Å². The number of carbonyl (C=O) groups excluding carboxylic acids is 2. The molecule has 26 heavy (non-hydrogen) atoms. The standard InChI is InChI=1S/C22H34O4/c1-15(12-20(24)25-6)8-9-17-16(2)18(26-14-23)13-19-21(3,4)10-7-11-22(17,19)5/h12,14,17-19H,2,7-11,13H2,1,3-6H3/b15-12+/t17-,18+,19-,22+/m0/s1. The molecule has 4 atom stereocenters. The van der Waals surface area contributed by atoms with E-state index < -0.39 is 0 Å². The topological polar surface area (TPSA) is 52.6 Å². The SMILES string of the molecule is C=C1[C@H](OC=O)C[C@H]2C(C)(C)CCC[C@]2(C)[C@H]1CC/C(C)=C/C(=O)OC. The zero-order valence-electron chi connectivity index (χ0n) is 17.0. The summed E-state index contributed by atoms with van der Waals surface area (Å²) in [6.07, 6.45) is 7.58. The van der Waals surface area contributed by atoms with Crippen molar-refractivity contribution >= 4 is 12.4 Å². The Hall–Kier alpha value is -1.58. The van der Waals surface area contributed by atoms with Gasteiger partial charge in [0.2, 0.25) is 0 Å². The number of methoxy groups -OCH3 is 1. The molecule has 2 fully saturated rings. The molecule has 2 aliphatic rings. The van der Waals surface area contributed by atoms with Gasteiger partial charge in [0, 0.05) is 6.08 Å². The van der Waals surface area contributed by atoms with Crippen LogP contribution in [0, 0.1) is 22.7 Å². The minimum Gasteiger partial charge on any atom is -0.466 e. The molecule has 0 aromatic heterocycles. The average molecular weight is 363 g/mol. The number of fused-ring (bicyclic) bond motifs is 1. The first-order valence-electron chi connectivity index (χ1n) is 9.68. The molecule has 2 saturated carbocycles. The summed E-state index contributed by atoms with van der Waals surface area (Å²) in [4.78, 5) is 22.5. The number of allylic oxidation sites excluding steroid dienone is 1. The number of ether oxygens (including phenoxy) is 2. The molecule has 0 aromatic carbocycles. The second kappa shape index (κ2) is 7.98. The van der Waals surface area contributed by atoms with E-state index >= 15 is 0 Å². The summed E-state index contributed by atoms with van der Waals surface area (Å²) in [5.41, 5.74) is 2.44. The zero-order chi connectivity index (χ0) is 19.5. The van der Waals surface area contributed by atoms with Gasteiger partial charge in [0.05, 0.1) is 7.11 Å². The maximum atomic E-state index is 11.5. The normalized spacial score (nSPS) is 34.0. The monoisotopic (exact) mass is 362 g/mol. The van der Waals surface area contributed by atoms with E-state index in [1.165, 1.54) is 26.4 Å². The maximum Gasteiger partial charge on any atom is 0.330 e. The Morgan fingerprint density at radius 1 is 1.31 bits per heavy atom. The van der Waals surface area contributed by atoms with Gasteiger partial charge in [-0.3, -0.25) is 4.79 Å². The summed E-state index contributed by atoms with van der Waals surface area (Å²) < 4.78 is 10.2. The summed E-state index contributed by atoms with van der Waals surface area (Å²) in [5.74, 6) is 0.468. The molecule has 0 aromatic rings. The lowest BCUT2D eigenvalue weighted by molar-refractivity contribution is -0.141. The molecule has 0 spiro atoms. The van der Waals surface area contributed by atoms with Crippen LogP contribution in [-0.4, -0.2) is 25.7 Å². The fraction of sp³-hybridized carbons (Fsp3) is 0.727. The van der Waals surface area contributed by atoms with Gasteiger partial charge in [0.25, 0.3) is 6.47 Å². The van der Waals surface area contributed by atoms with Crippen molar-refractivity contribution in [3.8, 4) is 0 Å². The molecule has 0 saturated heterocycles. The molecule has 0 unspecified atom stereocenters. The van der Waals surface area contributed by atoms with Crippen molar-refractivity contribution in [2.24, 2.45) is 22.7 Å². The molecular formula is C22H34O4. The molecule has 4 heteroatoms. The van der Waals surface area contributed by atoms with Crippen LogP contribution in [0.25, 0.3) is 0 Å². The Morgan fingerprint density at radius 2 is 2.00 bits per heavy atom. The Bertz CT molecular complexity index is 589. The van der Waals surface area contributed by atoms with E-state index in [9.17, 15) is 9.59 Å².